The highest BCUT2D eigenvalue weighted by atomic mass is 32.2. The zero-order chi connectivity index (χ0) is 42.8. The van der Waals surface area contributed by atoms with Gasteiger partial charge in [-0.25, -0.2) is 4.79 Å². The second-order valence-corrected chi connectivity index (χ2v) is 17.5. The zero-order valence-corrected chi connectivity index (χ0v) is 36.8. The molecule has 0 aromatic carbocycles. The van der Waals surface area contributed by atoms with Crippen molar-refractivity contribution in [3.63, 3.8) is 0 Å². The lowest BCUT2D eigenvalue weighted by Gasteiger charge is -2.24. The molecule has 15 heteroatoms. The van der Waals surface area contributed by atoms with Gasteiger partial charge in [-0.3, -0.25) is 24.0 Å². The lowest BCUT2D eigenvalue weighted by Crippen LogP contribution is -2.45. The summed E-state index contributed by atoms with van der Waals surface area (Å²) in [6.07, 6.45) is 13.1. The minimum absolute atomic E-state index is 0.0161. The number of esters is 1. The minimum Gasteiger partial charge on any atom is -0.481 e. The molecule has 0 aromatic heterocycles. The molecule has 14 nitrogen and oxygen atoms in total. The van der Waals surface area contributed by atoms with Gasteiger partial charge in [-0.1, -0.05) is 59.3 Å². The topological polar surface area (TPSA) is 193 Å². The molecule has 1 atom stereocenters. The van der Waals surface area contributed by atoms with Crippen LogP contribution in [0, 0.1) is 5.41 Å². The van der Waals surface area contributed by atoms with Crippen LogP contribution in [-0.4, -0.2) is 123 Å². The van der Waals surface area contributed by atoms with E-state index in [0.717, 1.165) is 32.1 Å². The zero-order valence-electron chi connectivity index (χ0n) is 36.0. The van der Waals surface area contributed by atoms with Crippen LogP contribution in [0.3, 0.4) is 0 Å². The summed E-state index contributed by atoms with van der Waals surface area (Å²) in [5.74, 6) is 0.389. The summed E-state index contributed by atoms with van der Waals surface area (Å²) in [4.78, 5) is 71.5. The van der Waals surface area contributed by atoms with Crippen LogP contribution in [0.2, 0.25) is 0 Å². The Bertz CT molecular complexity index is 1120. The third kappa shape index (κ3) is 37.4. The summed E-state index contributed by atoms with van der Waals surface area (Å²) < 4.78 is 26.8. The predicted octanol–water partition coefficient (Wildman–Crippen LogP) is 6.24. The molecule has 0 aromatic rings. The molecule has 0 rings (SSSR count). The molecular formula is C42H76N2O12S. The monoisotopic (exact) mass is 833 g/mol. The number of carboxylic acids is 1. The van der Waals surface area contributed by atoms with Gasteiger partial charge in [0.2, 0.25) is 11.8 Å². The van der Waals surface area contributed by atoms with Crippen molar-refractivity contribution in [1.82, 2.24) is 10.6 Å². The lowest BCUT2D eigenvalue weighted by molar-refractivity contribution is -0.159. The molecule has 0 spiro atoms. The minimum atomic E-state index is -1.10. The smallest absolute Gasteiger partial charge is 0.329 e. The Labute approximate surface area is 346 Å². The molecule has 0 fully saturated rings. The Morgan fingerprint density at radius 3 is 1.72 bits per heavy atom. The van der Waals surface area contributed by atoms with Gasteiger partial charge in [0, 0.05) is 44.2 Å². The molecule has 0 bridgehead atoms. The number of unbranched alkanes of at least 4 members (excludes halogenated alkanes) is 8. The first-order valence-electron chi connectivity index (χ1n) is 21.0. The summed E-state index contributed by atoms with van der Waals surface area (Å²) in [5, 5.41) is 14.3. The first kappa shape index (κ1) is 54.4. The number of thioether (sulfide) groups is 1. The summed E-state index contributed by atoms with van der Waals surface area (Å²) in [7, 11) is 0. The van der Waals surface area contributed by atoms with Gasteiger partial charge in [0.1, 0.15) is 30.6 Å². The van der Waals surface area contributed by atoms with E-state index in [1.165, 1.54) is 43.6 Å². The average Bonchev–Trinajstić information content (AvgIpc) is 3.12. The first-order chi connectivity index (χ1) is 27.0. The van der Waals surface area contributed by atoms with Crippen LogP contribution in [0.25, 0.3) is 0 Å². The number of amides is 2. The molecule has 332 valence electrons. The molecule has 2 amide bonds. The molecule has 57 heavy (non-hydrogen) atoms. The molecule has 3 N–H and O–H groups in total. The number of carbonyl (C=O) groups excluding carboxylic acids is 5. The van der Waals surface area contributed by atoms with Crippen LogP contribution in [-0.2, 0) is 52.5 Å². The van der Waals surface area contributed by atoms with Crippen molar-refractivity contribution >= 4 is 47.1 Å². The number of carboxylic acid groups (broad SMARTS) is 1. The molecule has 0 aliphatic rings. The molecule has 0 heterocycles. The fourth-order valence-corrected chi connectivity index (χ4v) is 6.25. The molecule has 0 aliphatic heterocycles. The van der Waals surface area contributed by atoms with E-state index in [4.69, 9.17) is 28.8 Å². The van der Waals surface area contributed by atoms with Crippen LogP contribution < -0.4 is 10.6 Å². The van der Waals surface area contributed by atoms with E-state index in [-0.39, 0.29) is 63.0 Å². The van der Waals surface area contributed by atoms with Gasteiger partial charge in [0.15, 0.2) is 5.78 Å². The van der Waals surface area contributed by atoms with E-state index >= 15 is 0 Å². The first-order valence-corrected chi connectivity index (χ1v) is 22.1. The van der Waals surface area contributed by atoms with Crippen LogP contribution in [0.4, 0.5) is 0 Å². The van der Waals surface area contributed by atoms with E-state index in [0.29, 0.717) is 57.8 Å². The Morgan fingerprint density at radius 2 is 1.12 bits per heavy atom. The number of aliphatic carboxylic acids is 1. The highest BCUT2D eigenvalue weighted by Gasteiger charge is 2.27. The lowest BCUT2D eigenvalue weighted by atomic mass is 9.88. The molecule has 0 saturated heterocycles. The van der Waals surface area contributed by atoms with Gasteiger partial charge in [0.25, 0.3) is 0 Å². The second-order valence-electron chi connectivity index (χ2n) is 16.2. The normalized spacial score (nSPS) is 12.2. The van der Waals surface area contributed by atoms with Crippen molar-refractivity contribution in [3.8, 4) is 0 Å². The van der Waals surface area contributed by atoms with Gasteiger partial charge in [-0.05, 0) is 70.8 Å². The van der Waals surface area contributed by atoms with Crippen molar-refractivity contribution < 1.29 is 57.6 Å². The number of hydrogen-bond acceptors (Lipinski definition) is 12. The second kappa shape index (κ2) is 34.3. The van der Waals surface area contributed by atoms with Crippen LogP contribution in [0.1, 0.15) is 144 Å². The average molecular weight is 833 g/mol. The number of Topliss-reactive ketones (excluding diaryl/α,β-unsaturated/α-hetero) is 2. The van der Waals surface area contributed by atoms with Crippen LogP contribution in [0.5, 0.6) is 0 Å². The maximum absolute atomic E-state index is 12.3. The summed E-state index contributed by atoms with van der Waals surface area (Å²) in [6, 6.07) is -1.10. The SMILES string of the molecule is CC(C)(C)OC(=O)C(CCC(=O)O)NC(=O)COCCOCCCC(=O)COCCOCCNC(=O)CCCCCCCSCCCCCCCC(=O)C(C)(C)C. The van der Waals surface area contributed by atoms with E-state index in [1.807, 2.05) is 32.5 Å². The number of ether oxygens (including phenoxy) is 5. The van der Waals surface area contributed by atoms with Gasteiger partial charge < -0.3 is 39.4 Å². The van der Waals surface area contributed by atoms with Crippen LogP contribution in [0.15, 0.2) is 0 Å². The Morgan fingerprint density at radius 1 is 0.579 bits per heavy atom. The fraction of sp³-hybridized carbons (Fsp3) is 0.857. The predicted molar refractivity (Wildman–Crippen MR) is 222 cm³/mol. The quantitative estimate of drug-likeness (QED) is 0.0468. The van der Waals surface area contributed by atoms with Crippen molar-refractivity contribution in [2.75, 3.05) is 70.9 Å². The van der Waals surface area contributed by atoms with Gasteiger partial charge >= 0.3 is 11.9 Å². The summed E-state index contributed by atoms with van der Waals surface area (Å²) in [6.45, 7) is 12.7. The highest BCUT2D eigenvalue weighted by Crippen LogP contribution is 2.19. The molecule has 0 saturated carbocycles. The maximum atomic E-state index is 12.3. The fourth-order valence-electron chi connectivity index (χ4n) is 5.23. The maximum Gasteiger partial charge on any atom is 0.329 e. The van der Waals surface area contributed by atoms with E-state index in [9.17, 15) is 28.8 Å². The number of ketones is 2. The standard InChI is InChI=1S/C42H76N2O12S/c1-41(2,3)36(46)19-13-9-7-11-15-30-57-31-16-12-8-10-14-20-37(47)43-23-25-53-27-28-54-32-34(45)18-17-24-52-26-29-55-33-38(48)44-35(21-22-39(49)50)40(51)56-42(4,5)6/h35H,7-33H2,1-6H3,(H,43,47)(H,44,48)(H,49,50). The van der Waals surface area contributed by atoms with Crippen molar-refractivity contribution in [3.05, 3.63) is 0 Å². The molecule has 0 radical (unpaired) electrons. The van der Waals surface area contributed by atoms with Crippen molar-refractivity contribution in [2.24, 2.45) is 5.41 Å². The van der Waals surface area contributed by atoms with Crippen molar-refractivity contribution in [2.45, 2.75) is 156 Å². The molecule has 0 aliphatic carbocycles. The van der Waals surface area contributed by atoms with Gasteiger partial charge in [0.05, 0.1) is 33.0 Å². The van der Waals surface area contributed by atoms with E-state index in [1.54, 1.807) is 20.8 Å². The Hall–Kier alpha value is -2.59. The van der Waals surface area contributed by atoms with Gasteiger partial charge in [-0.15, -0.1) is 0 Å². The summed E-state index contributed by atoms with van der Waals surface area (Å²) in [5.41, 5.74) is -0.993. The Balaban J connectivity index is 3.57. The van der Waals surface area contributed by atoms with Crippen molar-refractivity contribution in [1.29, 1.82) is 0 Å². The van der Waals surface area contributed by atoms with Gasteiger partial charge in [-0.2, -0.15) is 11.8 Å². The third-order valence-corrected chi connectivity index (χ3v) is 9.60. The number of rotatable bonds is 38. The largest absolute Gasteiger partial charge is 0.481 e. The van der Waals surface area contributed by atoms with Crippen LogP contribution >= 0.6 is 11.8 Å². The number of nitrogens with one attached hydrogen (secondary N) is 2. The summed E-state index contributed by atoms with van der Waals surface area (Å²) >= 11 is 2.04. The third-order valence-electron chi connectivity index (χ3n) is 8.45. The Kier molecular flexibility index (Phi) is 32.7. The number of carbonyl (C=O) groups is 6. The highest BCUT2D eigenvalue weighted by molar-refractivity contribution is 7.99. The number of hydrogen-bond donors (Lipinski definition) is 3. The van der Waals surface area contributed by atoms with E-state index < -0.39 is 29.5 Å². The molecular weight excluding hydrogens is 757 g/mol. The van der Waals surface area contributed by atoms with E-state index in [2.05, 4.69) is 10.6 Å². The molecule has 1 unspecified atom stereocenters.